The van der Waals surface area contributed by atoms with Gasteiger partial charge in [0.15, 0.2) is 6.61 Å². The predicted octanol–water partition coefficient (Wildman–Crippen LogP) is 2.20. The molecule has 0 bridgehead atoms. The first-order chi connectivity index (χ1) is 13.7. The van der Waals surface area contributed by atoms with Crippen LogP contribution in [0.2, 0.25) is 0 Å². The fraction of sp³-hybridized carbons (Fsp3) is 0.300. The van der Waals surface area contributed by atoms with Crippen molar-refractivity contribution in [1.82, 2.24) is 4.31 Å². The number of nitrogens with zero attached hydrogens (tertiary/aromatic N) is 1. The normalized spacial score (nSPS) is 11.2. The van der Waals surface area contributed by atoms with Gasteiger partial charge < -0.3 is 14.8 Å². The fourth-order valence-electron chi connectivity index (χ4n) is 2.28. The number of carbonyl (C=O) groups is 2. The van der Waals surface area contributed by atoms with Crippen molar-refractivity contribution < 1.29 is 27.5 Å². The van der Waals surface area contributed by atoms with Crippen molar-refractivity contribution in [2.24, 2.45) is 0 Å². The highest BCUT2D eigenvalue weighted by Crippen LogP contribution is 2.22. The Morgan fingerprint density at radius 3 is 2.41 bits per heavy atom. The molecule has 1 amide bonds. The van der Waals surface area contributed by atoms with Crippen molar-refractivity contribution in [2.45, 2.75) is 18.2 Å². The van der Waals surface area contributed by atoms with Crippen LogP contribution in [0, 0.1) is 6.92 Å². The predicted molar refractivity (Wildman–Crippen MR) is 108 cm³/mol. The zero-order chi connectivity index (χ0) is 21.4. The molecule has 0 atom stereocenters. The number of rotatable bonds is 9. The lowest BCUT2D eigenvalue weighted by Gasteiger charge is -2.14. The minimum Gasteiger partial charge on any atom is -0.493 e. The molecule has 9 heteroatoms. The van der Waals surface area contributed by atoms with E-state index in [2.05, 4.69) is 5.32 Å². The molecule has 1 N–H and O–H groups in total. The van der Waals surface area contributed by atoms with Gasteiger partial charge in [-0.2, -0.15) is 0 Å². The molecule has 0 radical (unpaired) electrons. The summed E-state index contributed by atoms with van der Waals surface area (Å²) in [6.07, 6.45) is -0.00222. The summed E-state index contributed by atoms with van der Waals surface area (Å²) >= 11 is 0. The molecular formula is C20H24N2O6S. The average molecular weight is 420 g/mol. The Hall–Kier alpha value is -2.91. The maximum Gasteiger partial charge on any atom is 0.309 e. The number of hydrogen-bond acceptors (Lipinski definition) is 6. The second kappa shape index (κ2) is 10.0. The largest absolute Gasteiger partial charge is 0.493 e. The van der Waals surface area contributed by atoms with Crippen molar-refractivity contribution in [3.63, 3.8) is 0 Å². The van der Waals surface area contributed by atoms with Gasteiger partial charge in [0.2, 0.25) is 10.0 Å². The number of sulfonamides is 1. The van der Waals surface area contributed by atoms with E-state index in [1.165, 1.54) is 26.2 Å². The van der Waals surface area contributed by atoms with Crippen molar-refractivity contribution in [3.8, 4) is 5.75 Å². The van der Waals surface area contributed by atoms with E-state index in [9.17, 15) is 18.0 Å². The van der Waals surface area contributed by atoms with Gasteiger partial charge in [-0.05, 0) is 36.8 Å². The number of amides is 1. The summed E-state index contributed by atoms with van der Waals surface area (Å²) in [5.74, 6) is -0.498. The number of para-hydroxylation sites is 1. The molecule has 0 aliphatic rings. The lowest BCUT2D eigenvalue weighted by atomic mass is 10.2. The molecule has 0 heterocycles. The summed E-state index contributed by atoms with van der Waals surface area (Å²) < 4.78 is 35.9. The molecule has 2 aromatic carbocycles. The minimum absolute atomic E-state index is 0.00222. The van der Waals surface area contributed by atoms with Crippen molar-refractivity contribution in [2.75, 3.05) is 32.6 Å². The van der Waals surface area contributed by atoms with E-state index in [0.717, 1.165) is 4.31 Å². The van der Waals surface area contributed by atoms with E-state index in [1.807, 2.05) is 18.2 Å². The molecule has 0 saturated carbocycles. The highest BCUT2D eigenvalue weighted by atomic mass is 32.2. The van der Waals surface area contributed by atoms with Gasteiger partial charge in [-0.3, -0.25) is 9.59 Å². The topological polar surface area (TPSA) is 102 Å². The lowest BCUT2D eigenvalue weighted by molar-refractivity contribution is -0.147. The standard InChI is InChI=1S/C20H24N2O6S/c1-15-9-10-17(29(25,26)22(2)3)13-18(15)21-19(23)14-28-20(24)11-12-27-16-7-5-4-6-8-16/h4-10,13H,11-12,14H2,1-3H3,(H,21,23). The third-order valence-electron chi connectivity index (χ3n) is 3.94. The lowest BCUT2D eigenvalue weighted by Crippen LogP contribution is -2.24. The summed E-state index contributed by atoms with van der Waals surface area (Å²) in [5.41, 5.74) is 1.01. The minimum atomic E-state index is -3.63. The van der Waals surface area contributed by atoms with Gasteiger partial charge in [0, 0.05) is 19.8 Å². The molecule has 0 aromatic heterocycles. The number of aryl methyl sites for hydroxylation is 1. The van der Waals surface area contributed by atoms with Crippen LogP contribution < -0.4 is 10.1 Å². The number of benzene rings is 2. The first kappa shape index (κ1) is 22.4. The fourth-order valence-corrected chi connectivity index (χ4v) is 3.21. The molecule has 8 nitrogen and oxygen atoms in total. The Morgan fingerprint density at radius 2 is 1.76 bits per heavy atom. The molecule has 0 unspecified atom stereocenters. The molecule has 2 rings (SSSR count). The van der Waals surface area contributed by atoms with Crippen LogP contribution in [0.3, 0.4) is 0 Å². The smallest absolute Gasteiger partial charge is 0.309 e. The molecule has 0 aliphatic heterocycles. The van der Waals surface area contributed by atoms with Gasteiger partial charge in [0.1, 0.15) is 5.75 Å². The van der Waals surface area contributed by atoms with Crippen LogP contribution in [0.5, 0.6) is 5.75 Å². The first-order valence-corrected chi connectivity index (χ1v) is 10.3. The van der Waals surface area contributed by atoms with Crippen LogP contribution in [0.1, 0.15) is 12.0 Å². The number of carbonyl (C=O) groups excluding carboxylic acids is 2. The number of esters is 1. The summed E-state index contributed by atoms with van der Waals surface area (Å²) in [6, 6.07) is 13.5. The number of ether oxygens (including phenoxy) is 2. The van der Waals surface area contributed by atoms with Gasteiger partial charge in [-0.1, -0.05) is 24.3 Å². The number of hydrogen-bond donors (Lipinski definition) is 1. The van der Waals surface area contributed by atoms with E-state index in [0.29, 0.717) is 17.0 Å². The first-order valence-electron chi connectivity index (χ1n) is 8.86. The van der Waals surface area contributed by atoms with E-state index >= 15 is 0 Å². The second-order valence-corrected chi connectivity index (χ2v) is 8.54. The maximum absolute atomic E-state index is 12.2. The molecule has 0 aliphatic carbocycles. The molecule has 0 fully saturated rings. The van der Waals surface area contributed by atoms with Crippen molar-refractivity contribution in [1.29, 1.82) is 0 Å². The quantitative estimate of drug-likeness (QED) is 0.624. The average Bonchev–Trinajstić information content (AvgIpc) is 2.68. The van der Waals surface area contributed by atoms with Gasteiger partial charge in [0.25, 0.3) is 5.91 Å². The highest BCUT2D eigenvalue weighted by Gasteiger charge is 2.19. The number of anilines is 1. The number of nitrogens with one attached hydrogen (secondary N) is 1. The van der Waals surface area contributed by atoms with E-state index in [4.69, 9.17) is 9.47 Å². The molecule has 156 valence electrons. The molecule has 0 saturated heterocycles. The Balaban J connectivity index is 1.85. The van der Waals surface area contributed by atoms with Crippen LogP contribution in [0.4, 0.5) is 5.69 Å². The van der Waals surface area contributed by atoms with Crippen LogP contribution in [0.25, 0.3) is 0 Å². The van der Waals surface area contributed by atoms with Crippen LogP contribution in [-0.2, 0) is 24.3 Å². The maximum atomic E-state index is 12.2. The van der Waals surface area contributed by atoms with Crippen LogP contribution in [0.15, 0.2) is 53.4 Å². The Bertz CT molecular complexity index is 958. The summed E-state index contributed by atoms with van der Waals surface area (Å²) in [4.78, 5) is 23.9. The van der Waals surface area contributed by atoms with E-state index in [-0.39, 0.29) is 17.9 Å². The Labute approximate surface area is 170 Å². The summed E-state index contributed by atoms with van der Waals surface area (Å²) in [6.45, 7) is 1.39. The zero-order valence-electron chi connectivity index (χ0n) is 16.5. The third kappa shape index (κ3) is 6.58. The third-order valence-corrected chi connectivity index (χ3v) is 5.76. The Morgan fingerprint density at radius 1 is 1.07 bits per heavy atom. The summed E-state index contributed by atoms with van der Waals surface area (Å²) in [5, 5.41) is 2.57. The van der Waals surface area contributed by atoms with Crippen LogP contribution in [-0.4, -0.2) is 51.9 Å². The van der Waals surface area contributed by atoms with Crippen molar-refractivity contribution in [3.05, 3.63) is 54.1 Å². The monoisotopic (exact) mass is 420 g/mol. The molecular weight excluding hydrogens is 396 g/mol. The van der Waals surface area contributed by atoms with Gasteiger partial charge in [0.05, 0.1) is 17.9 Å². The molecule has 29 heavy (non-hydrogen) atoms. The van der Waals surface area contributed by atoms with Crippen molar-refractivity contribution >= 4 is 27.6 Å². The Kier molecular flexibility index (Phi) is 7.74. The highest BCUT2D eigenvalue weighted by molar-refractivity contribution is 7.89. The van der Waals surface area contributed by atoms with Crippen LogP contribution >= 0.6 is 0 Å². The molecule has 2 aromatic rings. The molecule has 0 spiro atoms. The second-order valence-electron chi connectivity index (χ2n) is 6.38. The van der Waals surface area contributed by atoms with Gasteiger partial charge in [-0.15, -0.1) is 0 Å². The van der Waals surface area contributed by atoms with E-state index < -0.39 is 28.5 Å². The van der Waals surface area contributed by atoms with Gasteiger partial charge >= 0.3 is 5.97 Å². The SMILES string of the molecule is Cc1ccc(S(=O)(=O)N(C)C)cc1NC(=O)COC(=O)CCOc1ccccc1. The summed E-state index contributed by atoms with van der Waals surface area (Å²) in [7, 11) is -0.778. The van der Waals surface area contributed by atoms with E-state index in [1.54, 1.807) is 25.1 Å². The zero-order valence-corrected chi connectivity index (χ0v) is 17.4. The van der Waals surface area contributed by atoms with Gasteiger partial charge in [-0.25, -0.2) is 12.7 Å².